The summed E-state index contributed by atoms with van der Waals surface area (Å²) in [5.41, 5.74) is 6.22. The molecule has 0 atom stereocenters. The molecule has 0 aliphatic carbocycles. The van der Waals surface area contributed by atoms with Crippen LogP contribution < -0.4 is 9.47 Å². The fourth-order valence-electron chi connectivity index (χ4n) is 9.74. The predicted octanol–water partition coefficient (Wildman–Crippen LogP) is 11.2. The average molecular weight is 899 g/mol. The van der Waals surface area contributed by atoms with Gasteiger partial charge >= 0.3 is 11.9 Å². The van der Waals surface area contributed by atoms with Gasteiger partial charge in [-0.1, -0.05) is 68.3 Å². The van der Waals surface area contributed by atoms with E-state index in [1.807, 2.05) is 19.1 Å². The molecule has 0 saturated carbocycles. The lowest BCUT2D eigenvalue weighted by molar-refractivity contribution is 0.0685. The molecular formula is C55H70N4O7. The SMILES string of the molecule is CCCCCn1cc(C2CCN(CCCOc3cccc(C(=O)O)c3)CC2)c2ccccc21.CCOCCn1cc(C2CCN(CCCOc3cccc(C(=O)O)c3)CC2)c2ccccc21. The van der Waals surface area contributed by atoms with Crippen LogP contribution in [0.1, 0.15) is 115 Å². The maximum absolute atomic E-state index is 11.1. The number of hydrogen-bond donors (Lipinski definition) is 2. The standard InChI is InChI=1S/C28H36N2O3.C27H34N2O4/c1-2-3-6-16-30-21-26(25-11-4-5-12-27(25)30)22-13-17-29(18-14-22)15-8-19-33-24-10-7-9-23(20-24)28(31)32;1-2-32-18-16-29-20-25(24-9-3-4-10-26(24)29)21-11-14-28(15-12-21)13-6-17-33-23-8-5-7-22(19-23)27(30)31/h4-5,7,9-12,20-22H,2-3,6,8,13-19H2,1H3,(H,31,32);3-5,7-10,19-21H,2,6,11-18H2,1H3,(H,30,31). The van der Waals surface area contributed by atoms with Crippen molar-refractivity contribution in [1.29, 1.82) is 0 Å². The zero-order valence-electron chi connectivity index (χ0n) is 39.1. The number of ether oxygens (including phenoxy) is 3. The molecule has 2 aliphatic heterocycles. The first-order chi connectivity index (χ1) is 32.3. The Morgan fingerprint density at radius 2 is 1.02 bits per heavy atom. The molecule has 6 aromatic rings. The van der Waals surface area contributed by atoms with Gasteiger partial charge in [0, 0.05) is 67.0 Å². The molecule has 4 heterocycles. The summed E-state index contributed by atoms with van der Waals surface area (Å²) in [6.45, 7) is 15.4. The molecular weight excluding hydrogens is 829 g/mol. The van der Waals surface area contributed by atoms with E-state index in [-0.39, 0.29) is 11.1 Å². The van der Waals surface area contributed by atoms with Crippen molar-refractivity contribution in [3.8, 4) is 11.5 Å². The lowest BCUT2D eigenvalue weighted by atomic mass is 9.89. The van der Waals surface area contributed by atoms with Crippen LogP contribution >= 0.6 is 0 Å². The van der Waals surface area contributed by atoms with Crippen LogP contribution in [-0.4, -0.2) is 107 Å². The average Bonchev–Trinajstić information content (AvgIpc) is 3.91. The number of hydrogen-bond acceptors (Lipinski definition) is 7. The number of para-hydroxylation sites is 2. The molecule has 0 radical (unpaired) electrons. The number of carboxylic acid groups (broad SMARTS) is 2. The Kier molecular flexibility index (Phi) is 18.1. The molecule has 66 heavy (non-hydrogen) atoms. The Bertz CT molecular complexity index is 2270. The molecule has 2 aromatic heterocycles. The molecule has 0 spiro atoms. The zero-order valence-corrected chi connectivity index (χ0v) is 39.1. The zero-order chi connectivity index (χ0) is 46.1. The van der Waals surface area contributed by atoms with Crippen molar-refractivity contribution < 1.29 is 34.0 Å². The molecule has 0 unspecified atom stereocenters. The van der Waals surface area contributed by atoms with Crippen molar-refractivity contribution in [2.75, 3.05) is 65.7 Å². The largest absolute Gasteiger partial charge is 0.494 e. The summed E-state index contributed by atoms with van der Waals surface area (Å²) in [7, 11) is 0. The van der Waals surface area contributed by atoms with Gasteiger partial charge in [-0.05, 0) is 150 Å². The van der Waals surface area contributed by atoms with E-state index in [0.717, 1.165) is 78.4 Å². The second kappa shape index (κ2) is 24.8. The van der Waals surface area contributed by atoms with E-state index in [4.69, 9.17) is 24.4 Å². The van der Waals surface area contributed by atoms with Crippen molar-refractivity contribution in [2.45, 2.75) is 96.6 Å². The third-order valence-electron chi connectivity index (χ3n) is 13.3. The van der Waals surface area contributed by atoms with E-state index in [1.165, 1.54) is 77.9 Å². The van der Waals surface area contributed by atoms with Crippen LogP contribution in [0.15, 0.2) is 109 Å². The highest BCUT2D eigenvalue weighted by Gasteiger charge is 2.25. The Morgan fingerprint density at radius 1 is 0.545 bits per heavy atom. The van der Waals surface area contributed by atoms with Crippen molar-refractivity contribution in [1.82, 2.24) is 18.9 Å². The molecule has 11 heteroatoms. The van der Waals surface area contributed by atoms with Gasteiger partial charge < -0.3 is 43.4 Å². The van der Waals surface area contributed by atoms with E-state index in [0.29, 0.717) is 36.5 Å². The molecule has 2 N–H and O–H groups in total. The van der Waals surface area contributed by atoms with E-state index in [9.17, 15) is 9.59 Å². The van der Waals surface area contributed by atoms with Crippen molar-refractivity contribution in [3.05, 3.63) is 132 Å². The topological polar surface area (TPSA) is 119 Å². The van der Waals surface area contributed by atoms with Crippen LogP contribution in [0, 0.1) is 0 Å². The smallest absolute Gasteiger partial charge is 0.335 e. The summed E-state index contributed by atoms with van der Waals surface area (Å²) in [5, 5.41) is 21.0. The second-order valence-electron chi connectivity index (χ2n) is 17.8. The second-order valence-corrected chi connectivity index (χ2v) is 17.8. The lowest BCUT2D eigenvalue weighted by Gasteiger charge is -2.32. The number of piperidine rings is 2. The summed E-state index contributed by atoms with van der Waals surface area (Å²) in [6, 6.07) is 31.0. The third-order valence-corrected chi connectivity index (χ3v) is 13.3. The number of fused-ring (bicyclic) bond motifs is 2. The Labute approximate surface area is 390 Å². The Morgan fingerprint density at radius 3 is 1.47 bits per heavy atom. The van der Waals surface area contributed by atoms with Gasteiger partial charge in [-0.15, -0.1) is 0 Å². The molecule has 2 saturated heterocycles. The highest BCUT2D eigenvalue weighted by molar-refractivity contribution is 5.88. The summed E-state index contributed by atoms with van der Waals surface area (Å²) >= 11 is 0. The molecule has 11 nitrogen and oxygen atoms in total. The predicted molar refractivity (Wildman–Crippen MR) is 264 cm³/mol. The quantitative estimate of drug-likeness (QED) is 0.0642. The van der Waals surface area contributed by atoms with Gasteiger partial charge in [0.1, 0.15) is 11.5 Å². The summed E-state index contributed by atoms with van der Waals surface area (Å²) in [5.74, 6) is 0.620. The Balaban J connectivity index is 0.000000196. The van der Waals surface area contributed by atoms with Gasteiger partial charge in [-0.3, -0.25) is 0 Å². The number of nitrogens with zero attached hydrogens (tertiary/aromatic N) is 4. The fourth-order valence-corrected chi connectivity index (χ4v) is 9.74. The fraction of sp³-hybridized carbons (Fsp3) is 0.455. The molecule has 0 amide bonds. The van der Waals surface area contributed by atoms with Gasteiger partial charge in [0.15, 0.2) is 0 Å². The summed E-state index contributed by atoms with van der Waals surface area (Å²) in [4.78, 5) is 27.2. The van der Waals surface area contributed by atoms with Crippen molar-refractivity contribution >= 4 is 33.7 Å². The van der Waals surface area contributed by atoms with Crippen molar-refractivity contribution in [3.63, 3.8) is 0 Å². The van der Waals surface area contributed by atoms with E-state index in [1.54, 1.807) is 36.4 Å². The maximum Gasteiger partial charge on any atom is 0.335 e. The summed E-state index contributed by atoms with van der Waals surface area (Å²) < 4.78 is 22.0. The monoisotopic (exact) mass is 899 g/mol. The highest BCUT2D eigenvalue weighted by Crippen LogP contribution is 2.36. The molecule has 4 aromatic carbocycles. The van der Waals surface area contributed by atoms with Crippen LogP contribution in [0.3, 0.4) is 0 Å². The van der Waals surface area contributed by atoms with Gasteiger partial charge in [-0.2, -0.15) is 0 Å². The molecule has 0 bridgehead atoms. The van der Waals surface area contributed by atoms with Gasteiger partial charge in [0.25, 0.3) is 0 Å². The number of rotatable bonds is 22. The van der Waals surface area contributed by atoms with Crippen LogP contribution in [0.5, 0.6) is 11.5 Å². The number of aryl methyl sites for hydroxylation is 1. The minimum absolute atomic E-state index is 0.258. The number of unbranched alkanes of at least 4 members (excludes halogenated alkanes) is 2. The number of carboxylic acids is 2. The van der Waals surface area contributed by atoms with Crippen LogP contribution in [0.2, 0.25) is 0 Å². The maximum atomic E-state index is 11.1. The van der Waals surface area contributed by atoms with Gasteiger partial charge in [0.2, 0.25) is 0 Å². The lowest BCUT2D eigenvalue weighted by Crippen LogP contribution is -2.34. The summed E-state index contributed by atoms with van der Waals surface area (Å²) in [6.07, 6.45) is 15.2. The normalized spacial score (nSPS) is 15.2. The molecule has 352 valence electrons. The molecule has 2 fully saturated rings. The number of likely N-dealkylation sites (tertiary alicyclic amines) is 2. The minimum Gasteiger partial charge on any atom is -0.494 e. The van der Waals surface area contributed by atoms with E-state index >= 15 is 0 Å². The molecule has 8 rings (SSSR count). The van der Waals surface area contributed by atoms with Crippen molar-refractivity contribution in [2.24, 2.45) is 0 Å². The number of benzene rings is 4. The van der Waals surface area contributed by atoms with Crippen LogP contribution in [0.4, 0.5) is 0 Å². The minimum atomic E-state index is -0.930. The van der Waals surface area contributed by atoms with Gasteiger partial charge in [0.05, 0.1) is 30.9 Å². The molecule has 2 aliphatic rings. The Hall–Kier alpha value is -5.62. The van der Waals surface area contributed by atoms with Gasteiger partial charge in [-0.25, -0.2) is 9.59 Å². The first kappa shape index (κ1) is 48.3. The number of aromatic carboxylic acids is 2. The number of carbonyl (C=O) groups is 2. The first-order valence-electron chi connectivity index (χ1n) is 24.4. The number of aromatic nitrogens is 2. The highest BCUT2D eigenvalue weighted by atomic mass is 16.5. The van der Waals surface area contributed by atoms with Crippen LogP contribution in [-0.2, 0) is 17.8 Å². The van der Waals surface area contributed by atoms with Crippen LogP contribution in [0.25, 0.3) is 21.8 Å². The van der Waals surface area contributed by atoms with E-state index < -0.39 is 11.9 Å². The third kappa shape index (κ3) is 13.3. The first-order valence-corrected chi connectivity index (χ1v) is 24.4. The van der Waals surface area contributed by atoms with E-state index in [2.05, 4.69) is 86.8 Å².